The minimum Gasteiger partial charge on any atom is -0.258 e. The lowest BCUT2D eigenvalue weighted by Gasteiger charge is -1.95. The minimum atomic E-state index is -0.616. The van der Waals surface area contributed by atoms with Gasteiger partial charge in [0.1, 0.15) is 11.5 Å². The van der Waals surface area contributed by atoms with Gasteiger partial charge < -0.3 is 0 Å². The van der Waals surface area contributed by atoms with Gasteiger partial charge in [0, 0.05) is 18.3 Å². The van der Waals surface area contributed by atoms with Crippen molar-refractivity contribution in [3.63, 3.8) is 0 Å². The lowest BCUT2D eigenvalue weighted by molar-refractivity contribution is -0.384. The van der Waals surface area contributed by atoms with Gasteiger partial charge >= 0.3 is 0 Å². The van der Waals surface area contributed by atoms with Crippen LogP contribution in [0.5, 0.6) is 0 Å². The van der Waals surface area contributed by atoms with Crippen LogP contribution in [-0.2, 0) is 0 Å². The molecule has 7 heteroatoms. The van der Waals surface area contributed by atoms with Crippen molar-refractivity contribution in [3.05, 3.63) is 69.9 Å². The van der Waals surface area contributed by atoms with E-state index in [1.165, 1.54) is 10.7 Å². The van der Waals surface area contributed by atoms with Gasteiger partial charge in [0.25, 0.3) is 5.69 Å². The van der Waals surface area contributed by atoms with Crippen LogP contribution in [0.2, 0.25) is 0 Å². The van der Waals surface area contributed by atoms with Crippen LogP contribution in [0.1, 0.15) is 11.3 Å². The lowest BCUT2D eigenvalue weighted by atomic mass is 10.2. The van der Waals surface area contributed by atoms with E-state index in [4.69, 9.17) is 0 Å². The van der Waals surface area contributed by atoms with Gasteiger partial charge in [0.05, 0.1) is 16.7 Å². The molecular weight excluding hydrogens is 275 g/mol. The summed E-state index contributed by atoms with van der Waals surface area (Å²) in [5.74, 6) is 4.67. The van der Waals surface area contributed by atoms with E-state index in [0.29, 0.717) is 11.3 Å². The van der Waals surface area contributed by atoms with Crippen molar-refractivity contribution in [2.75, 3.05) is 0 Å². The summed E-state index contributed by atoms with van der Waals surface area (Å²) < 4.78 is 15.1. The zero-order valence-corrected chi connectivity index (χ0v) is 10.5. The highest BCUT2D eigenvalue weighted by Gasteiger charge is 2.09. The molecule has 6 nitrogen and oxygen atoms in total. The monoisotopic (exact) mass is 282 g/mol. The van der Waals surface area contributed by atoms with Gasteiger partial charge in [-0.3, -0.25) is 10.1 Å². The van der Waals surface area contributed by atoms with Crippen molar-refractivity contribution >= 4 is 11.3 Å². The molecule has 0 aliphatic carbocycles. The van der Waals surface area contributed by atoms with Crippen molar-refractivity contribution in [1.82, 2.24) is 14.6 Å². The Morgan fingerprint density at radius 2 is 2.14 bits per heavy atom. The molecule has 1 aromatic carbocycles. The van der Waals surface area contributed by atoms with Crippen LogP contribution in [0, 0.1) is 27.8 Å². The summed E-state index contributed by atoms with van der Waals surface area (Å²) in [7, 11) is 0. The Hall–Kier alpha value is -3.27. The number of imidazole rings is 1. The van der Waals surface area contributed by atoms with E-state index in [2.05, 4.69) is 21.9 Å². The number of hydrogen-bond donors (Lipinski definition) is 0. The Labute approximate surface area is 118 Å². The van der Waals surface area contributed by atoms with Crippen LogP contribution in [-0.4, -0.2) is 19.5 Å². The number of nitrogens with zero attached hydrogens (tertiary/aromatic N) is 4. The quantitative estimate of drug-likeness (QED) is 0.389. The Balaban J connectivity index is 2.05. The maximum Gasteiger partial charge on any atom is 0.270 e. The fraction of sp³-hybridized carbons (Fsp3) is 0. The number of benzene rings is 1. The molecule has 0 atom stereocenters. The van der Waals surface area contributed by atoms with E-state index < -0.39 is 10.7 Å². The predicted molar refractivity (Wildman–Crippen MR) is 72.0 cm³/mol. The van der Waals surface area contributed by atoms with E-state index >= 15 is 0 Å². The summed E-state index contributed by atoms with van der Waals surface area (Å²) in [6.07, 6.45) is 3.08. The third kappa shape index (κ3) is 2.42. The number of non-ortho nitro benzene ring substituents is 1. The second-order valence-electron chi connectivity index (χ2n) is 4.11. The first-order valence-corrected chi connectivity index (χ1v) is 5.90. The fourth-order valence-corrected chi connectivity index (χ4v) is 1.77. The predicted octanol–water partition coefficient (Wildman–Crippen LogP) is 2.18. The molecule has 3 rings (SSSR count). The number of nitro benzene ring substituents is 1. The summed E-state index contributed by atoms with van der Waals surface area (Å²) in [6, 6.07) is 6.70. The highest BCUT2D eigenvalue weighted by molar-refractivity contribution is 5.49. The molecule has 0 radical (unpaired) electrons. The second kappa shape index (κ2) is 5.02. The zero-order valence-electron chi connectivity index (χ0n) is 10.5. The van der Waals surface area contributed by atoms with Crippen LogP contribution in [0.3, 0.4) is 0 Å². The van der Waals surface area contributed by atoms with Gasteiger partial charge in [-0.05, 0) is 24.1 Å². The molecule has 0 spiro atoms. The number of halogens is 1. The summed E-state index contributed by atoms with van der Waals surface area (Å²) in [5, 5.41) is 14.8. The summed E-state index contributed by atoms with van der Waals surface area (Å²) in [4.78, 5) is 14.2. The average molecular weight is 282 g/mol. The first-order valence-electron chi connectivity index (χ1n) is 5.90. The highest BCUT2D eigenvalue weighted by atomic mass is 19.1. The van der Waals surface area contributed by atoms with Crippen LogP contribution >= 0.6 is 0 Å². The standard InChI is InChI=1S/C14H7FN4O2/c15-13-6-5-11(19(20)21)8-10(13)3-4-12-9-16-14-2-1-7-17-18(12)14/h1-2,5-9H. The fourth-order valence-electron chi connectivity index (χ4n) is 1.77. The maximum absolute atomic E-state index is 13.6. The third-order valence-electron chi connectivity index (χ3n) is 2.76. The van der Waals surface area contributed by atoms with E-state index in [-0.39, 0.29) is 11.3 Å². The van der Waals surface area contributed by atoms with Crippen molar-refractivity contribution in [3.8, 4) is 11.8 Å². The lowest BCUT2D eigenvalue weighted by Crippen LogP contribution is -1.93. The number of nitro groups is 1. The van der Waals surface area contributed by atoms with Gasteiger partial charge in [-0.2, -0.15) is 5.10 Å². The van der Waals surface area contributed by atoms with Gasteiger partial charge in [-0.1, -0.05) is 5.92 Å². The average Bonchev–Trinajstić information content (AvgIpc) is 2.89. The largest absolute Gasteiger partial charge is 0.270 e. The smallest absolute Gasteiger partial charge is 0.258 e. The molecular formula is C14H7FN4O2. The van der Waals surface area contributed by atoms with Crippen LogP contribution in [0.15, 0.2) is 42.7 Å². The normalized spacial score (nSPS) is 10.1. The number of rotatable bonds is 1. The first kappa shape index (κ1) is 12.7. The molecule has 0 aliphatic heterocycles. The van der Waals surface area contributed by atoms with Crippen LogP contribution in [0.25, 0.3) is 5.65 Å². The van der Waals surface area contributed by atoms with E-state index in [0.717, 1.165) is 18.2 Å². The van der Waals surface area contributed by atoms with Crippen molar-refractivity contribution < 1.29 is 9.31 Å². The van der Waals surface area contributed by atoms with E-state index in [1.54, 1.807) is 18.3 Å². The molecule has 2 aromatic heterocycles. The number of fused-ring (bicyclic) bond motifs is 1. The van der Waals surface area contributed by atoms with Gasteiger partial charge in [-0.15, -0.1) is 0 Å². The Morgan fingerprint density at radius 3 is 2.95 bits per heavy atom. The molecule has 0 fully saturated rings. The summed E-state index contributed by atoms with van der Waals surface area (Å²) in [6.45, 7) is 0. The summed E-state index contributed by atoms with van der Waals surface area (Å²) >= 11 is 0. The molecule has 0 bridgehead atoms. The first-order chi connectivity index (χ1) is 10.1. The van der Waals surface area contributed by atoms with E-state index in [1.807, 2.05) is 0 Å². The van der Waals surface area contributed by atoms with Crippen molar-refractivity contribution in [1.29, 1.82) is 0 Å². The molecule has 0 N–H and O–H groups in total. The molecule has 0 aliphatic rings. The number of hydrogen-bond acceptors (Lipinski definition) is 4. The van der Waals surface area contributed by atoms with Gasteiger partial charge in [0.15, 0.2) is 5.65 Å². The molecule has 3 aromatic rings. The SMILES string of the molecule is O=[N+]([O-])c1ccc(F)c(C#Cc2cnc3cccnn23)c1. The van der Waals surface area contributed by atoms with Crippen LogP contribution in [0.4, 0.5) is 10.1 Å². The maximum atomic E-state index is 13.6. The van der Waals surface area contributed by atoms with Crippen molar-refractivity contribution in [2.24, 2.45) is 0 Å². The zero-order chi connectivity index (χ0) is 14.8. The molecule has 102 valence electrons. The molecule has 21 heavy (non-hydrogen) atoms. The van der Waals surface area contributed by atoms with Gasteiger partial charge in [-0.25, -0.2) is 13.9 Å². The third-order valence-corrected chi connectivity index (χ3v) is 2.76. The Morgan fingerprint density at radius 1 is 1.29 bits per heavy atom. The summed E-state index contributed by atoms with van der Waals surface area (Å²) in [5.41, 5.74) is 0.824. The molecule has 0 unspecified atom stereocenters. The van der Waals surface area contributed by atoms with Crippen LogP contribution < -0.4 is 0 Å². The minimum absolute atomic E-state index is 0.0462. The molecule has 0 amide bonds. The molecule has 0 saturated heterocycles. The van der Waals surface area contributed by atoms with E-state index in [9.17, 15) is 14.5 Å². The van der Waals surface area contributed by atoms with Gasteiger partial charge in [0.2, 0.25) is 0 Å². The topological polar surface area (TPSA) is 73.3 Å². The Kier molecular flexibility index (Phi) is 3.04. The highest BCUT2D eigenvalue weighted by Crippen LogP contribution is 2.16. The Bertz CT molecular complexity index is 908. The second-order valence-corrected chi connectivity index (χ2v) is 4.11. The molecule has 0 saturated carbocycles. The van der Waals surface area contributed by atoms with Crippen molar-refractivity contribution in [2.45, 2.75) is 0 Å². The number of aromatic nitrogens is 3. The molecule has 2 heterocycles.